The molecule has 3 heteroatoms. The summed E-state index contributed by atoms with van der Waals surface area (Å²) in [5.74, 6) is 2.31. The third-order valence-corrected chi connectivity index (χ3v) is 4.54. The van der Waals surface area contributed by atoms with Gasteiger partial charge < -0.3 is 14.4 Å². The summed E-state index contributed by atoms with van der Waals surface area (Å²) in [6.45, 7) is 5.55. The van der Waals surface area contributed by atoms with Crippen molar-refractivity contribution in [1.29, 1.82) is 0 Å². The topological polar surface area (TPSA) is 21.7 Å². The fourth-order valence-electron chi connectivity index (χ4n) is 3.27. The van der Waals surface area contributed by atoms with Gasteiger partial charge in [0.1, 0.15) is 5.75 Å². The van der Waals surface area contributed by atoms with Crippen molar-refractivity contribution in [3.05, 3.63) is 66.1 Å². The van der Waals surface area contributed by atoms with Crippen molar-refractivity contribution in [1.82, 2.24) is 4.90 Å². The number of hydrogen-bond donors (Lipinski definition) is 0. The molecule has 2 aromatic rings. The maximum Gasteiger partial charge on any atom is 0.192 e. The van der Waals surface area contributed by atoms with Gasteiger partial charge in [0.05, 0.1) is 13.2 Å². The van der Waals surface area contributed by atoms with Gasteiger partial charge in [0.25, 0.3) is 0 Å². The van der Waals surface area contributed by atoms with Crippen molar-refractivity contribution in [2.75, 3.05) is 26.3 Å². The zero-order chi connectivity index (χ0) is 15.6. The molecule has 0 aliphatic carbocycles. The molecule has 0 spiro atoms. The number of para-hydroxylation sites is 1. The monoisotopic (exact) mass is 307 g/mol. The Morgan fingerprint density at radius 1 is 0.957 bits per heavy atom. The molecule has 0 N–H and O–H groups in total. The van der Waals surface area contributed by atoms with Crippen molar-refractivity contribution in [3.63, 3.8) is 0 Å². The molecule has 1 atom stereocenters. The SMILES string of the molecule is C[C@H]1C=C(N2CCOCC2)Oc2c(-c3ccccc3)cccc21. The molecule has 2 aliphatic heterocycles. The van der Waals surface area contributed by atoms with Gasteiger partial charge in [-0.15, -0.1) is 0 Å². The van der Waals surface area contributed by atoms with Gasteiger partial charge in [0.2, 0.25) is 0 Å². The molecule has 0 unspecified atom stereocenters. The Morgan fingerprint density at radius 3 is 2.52 bits per heavy atom. The molecule has 0 radical (unpaired) electrons. The summed E-state index contributed by atoms with van der Waals surface area (Å²) in [5, 5.41) is 0. The molecule has 1 saturated heterocycles. The van der Waals surface area contributed by atoms with Crippen molar-refractivity contribution in [3.8, 4) is 16.9 Å². The van der Waals surface area contributed by atoms with E-state index in [1.165, 1.54) is 11.1 Å². The molecule has 0 saturated carbocycles. The Labute approximate surface area is 137 Å². The second-order valence-corrected chi connectivity index (χ2v) is 6.09. The standard InChI is InChI=1S/C20H21NO2/c1-15-14-19(21-10-12-22-13-11-21)23-20-17(15)8-5-9-18(20)16-6-3-2-4-7-16/h2-9,14-15H,10-13H2,1H3/t15-/m0/s1. The number of ether oxygens (including phenoxy) is 2. The molecule has 118 valence electrons. The smallest absolute Gasteiger partial charge is 0.192 e. The molecule has 0 amide bonds. The molecule has 0 bridgehead atoms. The first-order valence-corrected chi connectivity index (χ1v) is 8.23. The number of morpholine rings is 1. The van der Waals surface area contributed by atoms with E-state index in [1.807, 2.05) is 6.07 Å². The highest BCUT2D eigenvalue weighted by atomic mass is 16.5. The van der Waals surface area contributed by atoms with E-state index in [-0.39, 0.29) is 0 Å². The second-order valence-electron chi connectivity index (χ2n) is 6.09. The van der Waals surface area contributed by atoms with Crippen molar-refractivity contribution in [2.45, 2.75) is 12.8 Å². The van der Waals surface area contributed by atoms with Crippen LogP contribution in [0.4, 0.5) is 0 Å². The van der Waals surface area contributed by atoms with Crippen molar-refractivity contribution < 1.29 is 9.47 Å². The van der Waals surface area contributed by atoms with Crippen LogP contribution in [0.15, 0.2) is 60.5 Å². The molecule has 1 fully saturated rings. The largest absolute Gasteiger partial charge is 0.441 e. The lowest BCUT2D eigenvalue weighted by Crippen LogP contribution is -2.38. The summed E-state index contributed by atoms with van der Waals surface area (Å²) in [6, 6.07) is 16.9. The summed E-state index contributed by atoms with van der Waals surface area (Å²) in [6.07, 6.45) is 2.22. The van der Waals surface area contributed by atoms with Crippen LogP contribution in [0.1, 0.15) is 18.4 Å². The highest BCUT2D eigenvalue weighted by molar-refractivity contribution is 5.73. The Kier molecular flexibility index (Phi) is 3.80. The third kappa shape index (κ3) is 2.73. The van der Waals surface area contributed by atoms with Crippen molar-refractivity contribution >= 4 is 0 Å². The average Bonchev–Trinajstić information content (AvgIpc) is 2.63. The number of hydrogen-bond acceptors (Lipinski definition) is 3. The maximum atomic E-state index is 6.36. The number of fused-ring (bicyclic) bond motifs is 1. The van der Waals surface area contributed by atoms with Gasteiger partial charge in [-0.2, -0.15) is 0 Å². The molecule has 2 aromatic carbocycles. The Hall–Kier alpha value is -2.26. The minimum atomic E-state index is 0.347. The van der Waals surface area contributed by atoms with E-state index in [9.17, 15) is 0 Å². The van der Waals surface area contributed by atoms with Gasteiger partial charge >= 0.3 is 0 Å². The van der Waals surface area contributed by atoms with Crippen LogP contribution in [-0.2, 0) is 4.74 Å². The highest BCUT2D eigenvalue weighted by Gasteiger charge is 2.25. The number of benzene rings is 2. The number of nitrogens with zero attached hydrogens (tertiary/aromatic N) is 1. The van der Waals surface area contributed by atoms with Gasteiger partial charge in [-0.25, -0.2) is 0 Å². The van der Waals surface area contributed by atoms with E-state index in [0.717, 1.165) is 43.5 Å². The van der Waals surface area contributed by atoms with Crippen LogP contribution >= 0.6 is 0 Å². The third-order valence-electron chi connectivity index (χ3n) is 4.54. The quantitative estimate of drug-likeness (QED) is 0.836. The first kappa shape index (κ1) is 14.3. The summed E-state index contributed by atoms with van der Waals surface area (Å²) >= 11 is 0. The van der Waals surface area contributed by atoms with Crippen LogP contribution in [0.25, 0.3) is 11.1 Å². The molecule has 2 heterocycles. The fourth-order valence-corrected chi connectivity index (χ4v) is 3.27. The molecule has 2 aliphatic rings. The van der Waals surface area contributed by atoms with Crippen molar-refractivity contribution in [2.24, 2.45) is 0 Å². The van der Waals surface area contributed by atoms with E-state index < -0.39 is 0 Å². The lowest BCUT2D eigenvalue weighted by atomic mass is 9.93. The van der Waals surface area contributed by atoms with Gasteiger partial charge in [0, 0.05) is 30.1 Å². The lowest BCUT2D eigenvalue weighted by Gasteiger charge is -2.34. The molecule has 4 rings (SSSR count). The number of rotatable bonds is 2. The molecule has 0 aromatic heterocycles. The summed E-state index contributed by atoms with van der Waals surface area (Å²) in [7, 11) is 0. The maximum absolute atomic E-state index is 6.36. The van der Waals surface area contributed by atoms with E-state index in [1.54, 1.807) is 0 Å². The lowest BCUT2D eigenvalue weighted by molar-refractivity contribution is 0.0337. The molecular weight excluding hydrogens is 286 g/mol. The predicted octanol–water partition coefficient (Wildman–Crippen LogP) is 4.02. The minimum absolute atomic E-state index is 0.347. The normalized spacial score (nSPS) is 20.5. The average molecular weight is 307 g/mol. The van der Waals surface area contributed by atoms with Crippen LogP contribution < -0.4 is 4.74 Å². The van der Waals surface area contributed by atoms with Crippen LogP contribution in [-0.4, -0.2) is 31.2 Å². The van der Waals surface area contributed by atoms with Crippen LogP contribution in [0.5, 0.6) is 5.75 Å². The van der Waals surface area contributed by atoms with Gasteiger partial charge in [0.15, 0.2) is 5.88 Å². The highest BCUT2D eigenvalue weighted by Crippen LogP contribution is 2.42. The summed E-state index contributed by atoms with van der Waals surface area (Å²) < 4.78 is 11.8. The first-order valence-electron chi connectivity index (χ1n) is 8.23. The second kappa shape index (κ2) is 6.09. The first-order chi connectivity index (χ1) is 11.3. The van der Waals surface area contributed by atoms with E-state index >= 15 is 0 Å². The Balaban J connectivity index is 1.73. The molecule has 23 heavy (non-hydrogen) atoms. The zero-order valence-corrected chi connectivity index (χ0v) is 13.4. The van der Waals surface area contributed by atoms with Crippen LogP contribution in [0, 0.1) is 0 Å². The molecular formula is C20H21NO2. The summed E-state index contributed by atoms with van der Waals surface area (Å²) in [5.41, 5.74) is 3.61. The Morgan fingerprint density at radius 2 is 1.74 bits per heavy atom. The van der Waals surface area contributed by atoms with Gasteiger partial charge in [-0.05, 0) is 11.6 Å². The predicted molar refractivity (Wildman–Crippen MR) is 91.4 cm³/mol. The summed E-state index contributed by atoms with van der Waals surface area (Å²) in [4.78, 5) is 2.28. The van der Waals surface area contributed by atoms with E-state index in [0.29, 0.717) is 5.92 Å². The Bertz CT molecular complexity index is 718. The van der Waals surface area contributed by atoms with E-state index in [4.69, 9.17) is 9.47 Å². The van der Waals surface area contributed by atoms with E-state index in [2.05, 4.69) is 60.4 Å². The van der Waals surface area contributed by atoms with Gasteiger partial charge in [-0.1, -0.05) is 55.5 Å². The van der Waals surface area contributed by atoms with Gasteiger partial charge in [-0.3, -0.25) is 0 Å². The number of allylic oxidation sites excluding steroid dienone is 1. The van der Waals surface area contributed by atoms with Crippen LogP contribution in [0.2, 0.25) is 0 Å². The zero-order valence-electron chi connectivity index (χ0n) is 13.4. The molecule has 3 nitrogen and oxygen atoms in total. The fraction of sp³-hybridized carbons (Fsp3) is 0.300. The van der Waals surface area contributed by atoms with Crippen LogP contribution in [0.3, 0.4) is 0 Å². The minimum Gasteiger partial charge on any atom is -0.441 e.